The fraction of sp³-hybridized carbons (Fsp3) is 0.552. The van der Waals surface area contributed by atoms with Gasteiger partial charge in [0, 0.05) is 30.9 Å². The normalized spacial score (nSPS) is 17.4. The standard InChI is InChI=1S/C29H45N10O13P/c1-15(30)23(40)33-16(2)24(41)34-17(3)25(42)37-21(14-52-53(49,50)51)27(44)38-13-5-7-22(38)26(43)36-20(28(45)46)6-4-12-32-29(31)35-18-8-10-19(11-9-18)39(47)48/h8-11,15-17,20-22H,4-7,12-14,30H2,1-3H3,(H,33,40)(H,34,41)(H,36,43)(H,37,42)(H,45,46)(H3,31,32,35)(H2,49,50,51)/t15-,16-,17-,20-,21-,22-/m0/s1. The van der Waals surface area contributed by atoms with Crippen LogP contribution in [0.2, 0.25) is 0 Å². The summed E-state index contributed by atoms with van der Waals surface area (Å²) in [6.07, 6.45) is 0.431. The minimum Gasteiger partial charge on any atom is -0.480 e. The zero-order valence-corrected chi connectivity index (χ0v) is 30.0. The number of likely N-dealkylation sites (tertiary alicyclic amines) is 1. The number of hydrogen-bond donors (Lipinski definition) is 10. The Morgan fingerprint density at radius 1 is 1.00 bits per heavy atom. The van der Waals surface area contributed by atoms with Crippen molar-refractivity contribution in [2.75, 3.05) is 25.0 Å². The Bertz CT molecular complexity index is 1590. The predicted octanol–water partition coefficient (Wildman–Crippen LogP) is -2.39. The lowest BCUT2D eigenvalue weighted by molar-refractivity contribution is -0.384. The highest BCUT2D eigenvalue weighted by Crippen LogP contribution is 2.36. The summed E-state index contributed by atoms with van der Waals surface area (Å²) in [4.78, 5) is 110. The number of non-ortho nitro benzene ring substituents is 1. The number of guanidine groups is 1. The SMILES string of the molecule is C[C@H](N)C(=O)N[C@@H](C)C(=O)N[C@@H](C)C(=O)N[C@@H](COP(=O)(O)O)C(=O)N1CCC[C@H]1C(=O)N[C@@H](CCCN=C(N)Nc1ccc([N+](=O)[O-])cc1)C(=O)O. The minimum atomic E-state index is -5.15. The van der Waals surface area contributed by atoms with Crippen LogP contribution in [0.15, 0.2) is 29.3 Å². The predicted molar refractivity (Wildman–Crippen MR) is 186 cm³/mol. The van der Waals surface area contributed by atoms with Gasteiger partial charge < -0.3 is 57.8 Å². The van der Waals surface area contributed by atoms with E-state index < -0.39 is 91.1 Å². The second kappa shape index (κ2) is 20.1. The number of amides is 5. The van der Waals surface area contributed by atoms with Gasteiger partial charge in [-0.2, -0.15) is 0 Å². The molecule has 1 aromatic rings. The molecule has 0 saturated carbocycles. The molecule has 6 atom stereocenters. The monoisotopic (exact) mass is 772 g/mol. The first-order valence-electron chi connectivity index (χ1n) is 16.2. The number of anilines is 1. The molecular weight excluding hydrogens is 727 g/mol. The first-order valence-corrected chi connectivity index (χ1v) is 17.7. The Hall–Kier alpha value is -5.22. The number of nitro groups is 1. The Morgan fingerprint density at radius 3 is 2.13 bits per heavy atom. The first kappa shape index (κ1) is 43.9. The van der Waals surface area contributed by atoms with E-state index in [1.54, 1.807) is 0 Å². The van der Waals surface area contributed by atoms with Crippen LogP contribution < -0.4 is 38.1 Å². The van der Waals surface area contributed by atoms with Crippen molar-refractivity contribution in [1.82, 2.24) is 26.2 Å². The molecular formula is C29H45N10O13P. The Kier molecular flexibility index (Phi) is 16.7. The van der Waals surface area contributed by atoms with Gasteiger partial charge in [0.25, 0.3) is 5.69 Å². The Balaban J connectivity index is 2.05. The van der Waals surface area contributed by atoms with Crippen molar-refractivity contribution in [2.24, 2.45) is 16.5 Å². The number of carbonyl (C=O) groups is 6. The summed E-state index contributed by atoms with van der Waals surface area (Å²) >= 11 is 0. The molecule has 0 aliphatic carbocycles. The van der Waals surface area contributed by atoms with Gasteiger partial charge in [-0.15, -0.1) is 0 Å². The van der Waals surface area contributed by atoms with Crippen molar-refractivity contribution in [3.05, 3.63) is 34.4 Å². The quantitative estimate of drug-likeness (QED) is 0.0175. The number of nitro benzene ring substituents is 1. The van der Waals surface area contributed by atoms with Crippen molar-refractivity contribution in [1.29, 1.82) is 0 Å². The number of phosphoric acid groups is 1. The van der Waals surface area contributed by atoms with E-state index in [0.29, 0.717) is 5.69 Å². The van der Waals surface area contributed by atoms with E-state index in [0.717, 1.165) is 4.90 Å². The van der Waals surface area contributed by atoms with Gasteiger partial charge in [-0.05, 0) is 58.6 Å². The fourth-order valence-electron chi connectivity index (χ4n) is 4.83. The number of rotatable bonds is 19. The largest absolute Gasteiger partial charge is 0.480 e. The van der Waals surface area contributed by atoms with Crippen molar-refractivity contribution in [3.63, 3.8) is 0 Å². The van der Waals surface area contributed by atoms with Crippen LogP contribution in [-0.2, 0) is 37.9 Å². The number of aliphatic carboxylic acids is 1. The number of benzene rings is 1. The number of nitrogens with two attached hydrogens (primary N) is 2. The molecule has 0 bridgehead atoms. The van der Waals surface area contributed by atoms with Crippen molar-refractivity contribution < 1.29 is 57.7 Å². The molecule has 0 unspecified atom stereocenters. The van der Waals surface area contributed by atoms with Gasteiger partial charge >= 0.3 is 13.8 Å². The summed E-state index contributed by atoms with van der Waals surface area (Å²) in [6, 6.07) is -2.34. The van der Waals surface area contributed by atoms with Crippen molar-refractivity contribution in [2.45, 2.75) is 82.7 Å². The van der Waals surface area contributed by atoms with Gasteiger partial charge in [-0.1, -0.05) is 0 Å². The number of carboxylic acids is 1. The zero-order valence-electron chi connectivity index (χ0n) is 29.1. The van der Waals surface area contributed by atoms with E-state index in [1.165, 1.54) is 45.0 Å². The highest BCUT2D eigenvalue weighted by molar-refractivity contribution is 7.46. The van der Waals surface area contributed by atoms with E-state index in [2.05, 4.69) is 36.1 Å². The summed E-state index contributed by atoms with van der Waals surface area (Å²) < 4.78 is 15.9. The van der Waals surface area contributed by atoms with Crippen molar-refractivity contribution >= 4 is 60.7 Å². The molecule has 1 saturated heterocycles. The third-order valence-electron chi connectivity index (χ3n) is 7.68. The molecule has 294 valence electrons. The Morgan fingerprint density at radius 2 is 1.58 bits per heavy atom. The number of hydrogen-bond acceptors (Lipinski definition) is 12. The maximum Gasteiger partial charge on any atom is 0.469 e. The van der Waals surface area contributed by atoms with E-state index in [1.807, 2.05) is 0 Å². The van der Waals surface area contributed by atoms with Crippen LogP contribution in [0.3, 0.4) is 0 Å². The van der Waals surface area contributed by atoms with E-state index in [-0.39, 0.29) is 50.4 Å². The second-order valence-corrected chi connectivity index (χ2v) is 13.3. The number of carboxylic acid groups (broad SMARTS) is 1. The molecule has 2 rings (SSSR count). The van der Waals surface area contributed by atoms with Gasteiger partial charge in [0.2, 0.25) is 29.5 Å². The topological polar surface area (TPSA) is 360 Å². The molecule has 53 heavy (non-hydrogen) atoms. The van der Waals surface area contributed by atoms with E-state index in [4.69, 9.17) is 11.5 Å². The summed E-state index contributed by atoms with van der Waals surface area (Å²) in [5, 5.41) is 32.6. The second-order valence-electron chi connectivity index (χ2n) is 12.0. The maximum absolute atomic E-state index is 13.6. The van der Waals surface area contributed by atoms with Gasteiger partial charge in [0.1, 0.15) is 30.2 Å². The molecule has 0 radical (unpaired) electrons. The number of nitrogens with one attached hydrogen (secondary N) is 5. The van der Waals surface area contributed by atoms with Crippen LogP contribution in [0.25, 0.3) is 0 Å². The summed E-state index contributed by atoms with van der Waals surface area (Å²) in [5.41, 5.74) is 11.6. The number of nitrogens with zero attached hydrogens (tertiary/aromatic N) is 3. The van der Waals surface area contributed by atoms with Crippen LogP contribution >= 0.6 is 7.82 Å². The van der Waals surface area contributed by atoms with Crippen LogP contribution in [0, 0.1) is 10.1 Å². The maximum atomic E-state index is 13.6. The Labute approximate surface area is 303 Å². The van der Waals surface area contributed by atoms with Crippen LogP contribution in [0.5, 0.6) is 0 Å². The third kappa shape index (κ3) is 14.7. The highest BCUT2D eigenvalue weighted by atomic mass is 31.2. The zero-order chi connectivity index (χ0) is 40.0. The van der Waals surface area contributed by atoms with Crippen molar-refractivity contribution in [3.8, 4) is 0 Å². The molecule has 24 heteroatoms. The molecule has 12 N–H and O–H groups in total. The van der Waals surface area contributed by atoms with Gasteiger partial charge in [0.05, 0.1) is 17.6 Å². The molecule has 5 amide bonds. The number of carbonyl (C=O) groups excluding carboxylic acids is 5. The van der Waals surface area contributed by atoms with E-state index in [9.17, 15) is 58.3 Å². The van der Waals surface area contributed by atoms with Crippen LogP contribution in [0.4, 0.5) is 11.4 Å². The number of phosphoric ester groups is 1. The lowest BCUT2D eigenvalue weighted by atomic mass is 10.1. The summed E-state index contributed by atoms with van der Waals surface area (Å²) in [6.45, 7) is 2.96. The molecule has 0 spiro atoms. The molecule has 1 aromatic carbocycles. The van der Waals surface area contributed by atoms with Gasteiger partial charge in [-0.3, -0.25) is 43.6 Å². The lowest BCUT2D eigenvalue weighted by Crippen LogP contribution is -2.59. The van der Waals surface area contributed by atoms with Crippen LogP contribution in [-0.4, -0.2) is 122 Å². The van der Waals surface area contributed by atoms with Gasteiger partial charge in [0.15, 0.2) is 5.96 Å². The lowest BCUT2D eigenvalue weighted by Gasteiger charge is -2.30. The molecule has 1 aliphatic rings. The smallest absolute Gasteiger partial charge is 0.469 e. The molecule has 1 heterocycles. The number of aliphatic imine (C=N–C) groups is 1. The average Bonchev–Trinajstić information content (AvgIpc) is 3.57. The van der Waals surface area contributed by atoms with Gasteiger partial charge in [-0.25, -0.2) is 9.36 Å². The minimum absolute atomic E-state index is 0.0320. The molecule has 1 aliphatic heterocycles. The molecule has 0 aromatic heterocycles. The first-order chi connectivity index (χ1) is 24.7. The fourth-order valence-corrected chi connectivity index (χ4v) is 5.18. The highest BCUT2D eigenvalue weighted by Gasteiger charge is 2.40. The summed E-state index contributed by atoms with van der Waals surface area (Å²) in [5.74, 6) is -5.62. The van der Waals surface area contributed by atoms with E-state index >= 15 is 0 Å². The molecule has 23 nitrogen and oxygen atoms in total. The molecule has 1 fully saturated rings. The summed E-state index contributed by atoms with van der Waals surface area (Å²) in [7, 11) is -5.15. The van der Waals surface area contributed by atoms with Crippen LogP contribution in [0.1, 0.15) is 46.5 Å². The average molecular weight is 773 g/mol. The third-order valence-corrected chi connectivity index (χ3v) is 8.16.